The van der Waals surface area contributed by atoms with Crippen LogP contribution in [-0.2, 0) is 11.3 Å². The number of nitrogens with zero attached hydrogens (tertiary/aromatic N) is 1. The molecule has 6 nitrogen and oxygen atoms in total. The quantitative estimate of drug-likeness (QED) is 0.482. The molecule has 1 aromatic rings. The van der Waals surface area contributed by atoms with Crippen LogP contribution in [0.1, 0.15) is 25.3 Å². The number of halogens is 3. The van der Waals surface area contributed by atoms with Crippen LogP contribution in [0.3, 0.4) is 0 Å². The van der Waals surface area contributed by atoms with Gasteiger partial charge >= 0.3 is 6.18 Å². The molecule has 1 fully saturated rings. The molecule has 0 aliphatic heterocycles. The van der Waals surface area contributed by atoms with Crippen LogP contribution in [0.25, 0.3) is 0 Å². The molecular weight excluding hydrogens is 349 g/mol. The summed E-state index contributed by atoms with van der Waals surface area (Å²) >= 11 is 0. The van der Waals surface area contributed by atoms with Gasteiger partial charge in [-0.05, 0) is 37.5 Å². The molecule has 9 heteroatoms. The maximum atomic E-state index is 12.1. The fraction of sp³-hybridized carbons (Fsp3) is 0.529. The molecule has 0 aromatic heterocycles. The fourth-order valence-electron chi connectivity index (χ4n) is 2.04. The predicted molar refractivity (Wildman–Crippen MR) is 92.0 cm³/mol. The van der Waals surface area contributed by atoms with Crippen molar-refractivity contribution in [3.63, 3.8) is 0 Å². The summed E-state index contributed by atoms with van der Waals surface area (Å²) in [6.07, 6.45) is -2.30. The first-order valence-electron chi connectivity index (χ1n) is 8.46. The summed E-state index contributed by atoms with van der Waals surface area (Å²) in [4.78, 5) is 16.1. The Labute approximate surface area is 150 Å². The highest BCUT2D eigenvalue weighted by molar-refractivity contribution is 5.86. The van der Waals surface area contributed by atoms with Crippen molar-refractivity contribution in [2.45, 2.75) is 38.5 Å². The second-order valence-electron chi connectivity index (χ2n) is 5.94. The molecular formula is C17H23F3N4O2. The number of ether oxygens (including phenoxy) is 1. The molecule has 1 aliphatic carbocycles. The lowest BCUT2D eigenvalue weighted by Gasteiger charge is -2.12. The smallest absolute Gasteiger partial charge is 0.422 e. The van der Waals surface area contributed by atoms with Crippen LogP contribution in [0.5, 0.6) is 5.75 Å². The summed E-state index contributed by atoms with van der Waals surface area (Å²) in [5.74, 6) is 0.567. The van der Waals surface area contributed by atoms with E-state index >= 15 is 0 Å². The normalized spacial score (nSPS) is 14.7. The van der Waals surface area contributed by atoms with E-state index in [2.05, 4.69) is 25.7 Å². The van der Waals surface area contributed by atoms with Crippen molar-refractivity contribution in [2.75, 3.05) is 19.7 Å². The number of hydrogen-bond acceptors (Lipinski definition) is 3. The molecule has 1 aliphatic rings. The van der Waals surface area contributed by atoms with Gasteiger partial charge < -0.3 is 20.7 Å². The van der Waals surface area contributed by atoms with Crippen LogP contribution in [0.2, 0.25) is 0 Å². The van der Waals surface area contributed by atoms with E-state index in [1.54, 1.807) is 12.1 Å². The number of nitrogens with one attached hydrogen (secondary N) is 3. The molecule has 0 unspecified atom stereocenters. The second-order valence-corrected chi connectivity index (χ2v) is 5.94. The molecule has 3 N–H and O–H groups in total. The van der Waals surface area contributed by atoms with Gasteiger partial charge in [-0.1, -0.05) is 12.1 Å². The highest BCUT2D eigenvalue weighted by Gasteiger charge is 2.28. The van der Waals surface area contributed by atoms with Crippen molar-refractivity contribution in [3.05, 3.63) is 29.8 Å². The summed E-state index contributed by atoms with van der Waals surface area (Å²) in [5.41, 5.74) is 0.809. The Bertz CT molecular complexity index is 613. The summed E-state index contributed by atoms with van der Waals surface area (Å²) in [6, 6.07) is 6.55. The lowest BCUT2D eigenvalue weighted by atomic mass is 10.2. The Morgan fingerprint density at radius 1 is 1.23 bits per heavy atom. The third kappa shape index (κ3) is 8.09. The third-order valence-electron chi connectivity index (χ3n) is 3.45. The zero-order chi connectivity index (χ0) is 19.0. The average molecular weight is 372 g/mol. The van der Waals surface area contributed by atoms with Crippen molar-refractivity contribution in [1.82, 2.24) is 16.0 Å². The van der Waals surface area contributed by atoms with Gasteiger partial charge in [-0.25, -0.2) is 4.99 Å². The number of amides is 1. The molecule has 0 bridgehead atoms. The molecule has 0 heterocycles. The molecule has 1 aromatic carbocycles. The minimum absolute atomic E-state index is 0.0794. The lowest BCUT2D eigenvalue weighted by molar-refractivity contribution is -0.153. The Kier molecular flexibility index (Phi) is 7.11. The molecule has 1 saturated carbocycles. The van der Waals surface area contributed by atoms with E-state index in [9.17, 15) is 18.0 Å². The molecule has 26 heavy (non-hydrogen) atoms. The predicted octanol–water partition coefficient (Wildman–Crippen LogP) is 1.96. The summed E-state index contributed by atoms with van der Waals surface area (Å²) < 4.78 is 41.0. The van der Waals surface area contributed by atoms with Crippen molar-refractivity contribution < 1.29 is 22.7 Å². The average Bonchev–Trinajstić information content (AvgIpc) is 3.39. The lowest BCUT2D eigenvalue weighted by Crippen LogP contribution is -2.43. The van der Waals surface area contributed by atoms with Gasteiger partial charge in [0.15, 0.2) is 12.6 Å². The zero-order valence-electron chi connectivity index (χ0n) is 14.5. The van der Waals surface area contributed by atoms with E-state index in [1.807, 2.05) is 6.92 Å². The summed E-state index contributed by atoms with van der Waals surface area (Å²) in [7, 11) is 0. The van der Waals surface area contributed by atoms with Gasteiger partial charge in [0.05, 0.1) is 13.1 Å². The van der Waals surface area contributed by atoms with E-state index < -0.39 is 12.8 Å². The Hall–Kier alpha value is -2.45. The largest absolute Gasteiger partial charge is 0.484 e. The van der Waals surface area contributed by atoms with Crippen LogP contribution in [0.15, 0.2) is 29.3 Å². The first-order valence-corrected chi connectivity index (χ1v) is 8.46. The number of carbonyl (C=O) groups is 1. The number of aliphatic imine (C=N–C) groups is 1. The minimum atomic E-state index is -4.36. The number of carbonyl (C=O) groups excluding carboxylic acids is 1. The van der Waals surface area contributed by atoms with Gasteiger partial charge in [-0.3, -0.25) is 4.79 Å². The summed E-state index contributed by atoms with van der Waals surface area (Å²) in [5, 5.41) is 8.86. The van der Waals surface area contributed by atoms with Gasteiger partial charge in [0, 0.05) is 12.6 Å². The number of hydrogen-bond donors (Lipinski definition) is 3. The van der Waals surface area contributed by atoms with Crippen molar-refractivity contribution in [3.8, 4) is 5.75 Å². The van der Waals surface area contributed by atoms with Gasteiger partial charge in [0.2, 0.25) is 5.91 Å². The van der Waals surface area contributed by atoms with Gasteiger partial charge in [0.25, 0.3) is 0 Å². The van der Waals surface area contributed by atoms with E-state index in [-0.39, 0.29) is 18.2 Å². The zero-order valence-corrected chi connectivity index (χ0v) is 14.5. The Morgan fingerprint density at radius 3 is 2.50 bits per heavy atom. The first kappa shape index (κ1) is 19.9. The minimum Gasteiger partial charge on any atom is -0.484 e. The SMILES string of the molecule is CCNC(=NCc1ccc(OCC(F)(F)F)cc1)NCC(=O)NC1CC1. The van der Waals surface area contributed by atoms with Gasteiger partial charge in [-0.2, -0.15) is 13.2 Å². The monoisotopic (exact) mass is 372 g/mol. The van der Waals surface area contributed by atoms with Crippen LogP contribution in [-0.4, -0.2) is 43.8 Å². The van der Waals surface area contributed by atoms with Gasteiger partial charge in [-0.15, -0.1) is 0 Å². The van der Waals surface area contributed by atoms with E-state index in [0.29, 0.717) is 25.1 Å². The topological polar surface area (TPSA) is 74.8 Å². The number of guanidine groups is 1. The molecule has 0 radical (unpaired) electrons. The molecule has 0 atom stereocenters. The maximum Gasteiger partial charge on any atom is 0.422 e. The maximum absolute atomic E-state index is 12.1. The fourth-order valence-corrected chi connectivity index (χ4v) is 2.04. The van der Waals surface area contributed by atoms with Crippen molar-refractivity contribution in [1.29, 1.82) is 0 Å². The molecule has 0 saturated heterocycles. The highest BCUT2D eigenvalue weighted by Crippen LogP contribution is 2.19. The molecule has 144 valence electrons. The Balaban J connectivity index is 1.82. The van der Waals surface area contributed by atoms with Crippen molar-refractivity contribution in [2.24, 2.45) is 4.99 Å². The number of alkyl halides is 3. The van der Waals surface area contributed by atoms with Crippen LogP contribution < -0.4 is 20.7 Å². The van der Waals surface area contributed by atoms with E-state index in [4.69, 9.17) is 0 Å². The van der Waals surface area contributed by atoms with Crippen LogP contribution in [0, 0.1) is 0 Å². The molecule has 2 rings (SSSR count). The second kappa shape index (κ2) is 9.30. The van der Waals surface area contributed by atoms with E-state index in [1.165, 1.54) is 12.1 Å². The van der Waals surface area contributed by atoms with Crippen LogP contribution in [0.4, 0.5) is 13.2 Å². The Morgan fingerprint density at radius 2 is 1.92 bits per heavy atom. The highest BCUT2D eigenvalue weighted by atomic mass is 19.4. The summed E-state index contributed by atoms with van der Waals surface area (Å²) in [6.45, 7) is 1.68. The number of benzene rings is 1. The van der Waals surface area contributed by atoms with Crippen molar-refractivity contribution >= 4 is 11.9 Å². The van der Waals surface area contributed by atoms with Gasteiger partial charge in [0.1, 0.15) is 5.75 Å². The number of rotatable bonds is 8. The first-order chi connectivity index (χ1) is 12.4. The third-order valence-corrected chi connectivity index (χ3v) is 3.45. The molecule has 1 amide bonds. The standard InChI is InChI=1S/C17H23F3N4O2/c1-2-21-16(23-10-15(25)24-13-5-6-13)22-9-12-3-7-14(8-4-12)26-11-17(18,19)20/h3-4,7-8,13H,2,5-6,9-11H2,1H3,(H,24,25)(H2,21,22,23). The van der Waals surface area contributed by atoms with Crippen LogP contribution >= 0.6 is 0 Å². The molecule has 0 spiro atoms. The van der Waals surface area contributed by atoms with E-state index in [0.717, 1.165) is 18.4 Å².